The molecule has 4 heteroatoms. The Labute approximate surface area is 127 Å². The van der Waals surface area contributed by atoms with Crippen LogP contribution in [0.25, 0.3) is 0 Å². The molecule has 0 radical (unpaired) electrons. The molecule has 0 aromatic heterocycles. The molecule has 0 aliphatic heterocycles. The van der Waals surface area contributed by atoms with Crippen molar-refractivity contribution in [2.24, 2.45) is 0 Å². The highest BCUT2D eigenvalue weighted by molar-refractivity contribution is 5.89. The number of amides is 2. The molecule has 1 aromatic carbocycles. The van der Waals surface area contributed by atoms with E-state index in [0.717, 1.165) is 30.7 Å². The quantitative estimate of drug-likeness (QED) is 0.848. The Morgan fingerprint density at radius 2 is 1.90 bits per heavy atom. The van der Waals surface area contributed by atoms with Gasteiger partial charge in [-0.15, -0.1) is 0 Å². The number of rotatable bonds is 5. The third-order valence-electron chi connectivity index (χ3n) is 3.96. The van der Waals surface area contributed by atoms with Crippen molar-refractivity contribution in [2.75, 3.05) is 5.32 Å². The predicted molar refractivity (Wildman–Crippen MR) is 85.9 cm³/mol. The summed E-state index contributed by atoms with van der Waals surface area (Å²) in [6.45, 7) is 4.14. The predicted octanol–water partition coefficient (Wildman–Crippen LogP) is 4.32. The molecule has 2 amide bonds. The van der Waals surface area contributed by atoms with Crippen LogP contribution >= 0.6 is 0 Å². The van der Waals surface area contributed by atoms with E-state index in [1.54, 1.807) is 0 Å². The maximum absolute atomic E-state index is 11.9. The molecule has 1 atom stereocenters. The zero-order valence-corrected chi connectivity index (χ0v) is 13.0. The molecule has 4 nitrogen and oxygen atoms in total. The minimum absolute atomic E-state index is 0.113. The summed E-state index contributed by atoms with van der Waals surface area (Å²) < 4.78 is 5.72. The molecule has 1 saturated carbocycles. The topological polar surface area (TPSA) is 50.4 Å². The minimum atomic E-state index is -0.113. The third kappa shape index (κ3) is 5.29. The fraction of sp³-hybridized carbons (Fsp3) is 0.588. The molecule has 0 spiro atoms. The molecule has 1 aliphatic carbocycles. The third-order valence-corrected chi connectivity index (χ3v) is 3.96. The summed E-state index contributed by atoms with van der Waals surface area (Å²) in [6.07, 6.45) is 7.09. The summed E-state index contributed by atoms with van der Waals surface area (Å²) in [6, 6.07) is 7.74. The number of hydrogen-bond donors (Lipinski definition) is 2. The lowest BCUT2D eigenvalue weighted by Crippen LogP contribution is -2.38. The van der Waals surface area contributed by atoms with E-state index in [1.165, 1.54) is 19.3 Å². The number of nitrogens with one attached hydrogen (secondary N) is 2. The fourth-order valence-corrected chi connectivity index (χ4v) is 2.53. The van der Waals surface area contributed by atoms with Gasteiger partial charge in [-0.2, -0.15) is 0 Å². The second-order valence-corrected chi connectivity index (χ2v) is 5.79. The van der Waals surface area contributed by atoms with E-state index in [9.17, 15) is 4.79 Å². The van der Waals surface area contributed by atoms with Crippen LogP contribution in [0.2, 0.25) is 0 Å². The minimum Gasteiger partial charge on any atom is -0.491 e. The second-order valence-electron chi connectivity index (χ2n) is 5.79. The molecule has 1 aliphatic rings. The molecule has 21 heavy (non-hydrogen) atoms. The summed E-state index contributed by atoms with van der Waals surface area (Å²) in [5.74, 6) is 0.836. The van der Waals surface area contributed by atoms with Gasteiger partial charge in [-0.1, -0.05) is 26.2 Å². The van der Waals surface area contributed by atoms with Crippen molar-refractivity contribution in [2.45, 2.75) is 64.5 Å². The van der Waals surface area contributed by atoms with E-state index >= 15 is 0 Å². The first-order chi connectivity index (χ1) is 10.2. The molecular formula is C17H26N2O2. The van der Waals surface area contributed by atoms with Crippen molar-refractivity contribution >= 4 is 11.7 Å². The van der Waals surface area contributed by atoms with Gasteiger partial charge in [0.1, 0.15) is 5.75 Å². The average molecular weight is 290 g/mol. The SMILES string of the molecule is CC[C@@H](C)Oc1ccc(NC(=O)NC2CCCCC2)cc1. The first kappa shape index (κ1) is 15.7. The molecule has 0 unspecified atom stereocenters. The first-order valence-electron chi connectivity index (χ1n) is 8.01. The van der Waals surface area contributed by atoms with Crippen LogP contribution in [0.15, 0.2) is 24.3 Å². The van der Waals surface area contributed by atoms with E-state index < -0.39 is 0 Å². The molecule has 0 saturated heterocycles. The zero-order chi connectivity index (χ0) is 15.1. The van der Waals surface area contributed by atoms with Gasteiger partial charge < -0.3 is 15.4 Å². The van der Waals surface area contributed by atoms with Crippen LogP contribution in [0, 0.1) is 0 Å². The van der Waals surface area contributed by atoms with E-state index in [1.807, 2.05) is 31.2 Å². The van der Waals surface area contributed by atoms with Gasteiger partial charge in [0.25, 0.3) is 0 Å². The van der Waals surface area contributed by atoms with Crippen LogP contribution in [-0.2, 0) is 0 Å². The molecule has 2 rings (SSSR count). The summed E-state index contributed by atoms with van der Waals surface area (Å²) in [4.78, 5) is 11.9. The van der Waals surface area contributed by atoms with Gasteiger partial charge >= 0.3 is 6.03 Å². The van der Waals surface area contributed by atoms with Crippen molar-refractivity contribution in [3.05, 3.63) is 24.3 Å². The number of carbonyl (C=O) groups is 1. The lowest BCUT2D eigenvalue weighted by Gasteiger charge is -2.22. The highest BCUT2D eigenvalue weighted by Gasteiger charge is 2.15. The van der Waals surface area contributed by atoms with Gasteiger partial charge in [0.15, 0.2) is 0 Å². The normalized spacial score (nSPS) is 17.0. The Morgan fingerprint density at radius 3 is 2.52 bits per heavy atom. The van der Waals surface area contributed by atoms with Crippen LogP contribution in [0.3, 0.4) is 0 Å². The highest BCUT2D eigenvalue weighted by Crippen LogP contribution is 2.19. The van der Waals surface area contributed by atoms with E-state index in [2.05, 4.69) is 17.6 Å². The van der Waals surface area contributed by atoms with Crippen molar-refractivity contribution in [1.29, 1.82) is 0 Å². The van der Waals surface area contributed by atoms with E-state index in [4.69, 9.17) is 4.74 Å². The maximum Gasteiger partial charge on any atom is 0.319 e. The summed E-state index contributed by atoms with van der Waals surface area (Å²) in [5, 5.41) is 5.92. The van der Waals surface area contributed by atoms with Gasteiger partial charge in [0.2, 0.25) is 0 Å². The number of ether oxygens (including phenoxy) is 1. The molecule has 0 heterocycles. The van der Waals surface area contributed by atoms with Crippen molar-refractivity contribution in [3.63, 3.8) is 0 Å². The number of anilines is 1. The molecule has 1 fully saturated rings. The monoisotopic (exact) mass is 290 g/mol. The fourth-order valence-electron chi connectivity index (χ4n) is 2.53. The number of urea groups is 1. The number of hydrogen-bond acceptors (Lipinski definition) is 2. The van der Waals surface area contributed by atoms with Crippen molar-refractivity contribution in [3.8, 4) is 5.75 Å². The van der Waals surface area contributed by atoms with E-state index in [0.29, 0.717) is 6.04 Å². The van der Waals surface area contributed by atoms with Crippen LogP contribution in [0.5, 0.6) is 5.75 Å². The average Bonchev–Trinajstić information content (AvgIpc) is 2.50. The zero-order valence-electron chi connectivity index (χ0n) is 13.0. The first-order valence-corrected chi connectivity index (χ1v) is 8.01. The van der Waals surface area contributed by atoms with Crippen molar-refractivity contribution in [1.82, 2.24) is 5.32 Å². The second kappa shape index (κ2) is 7.91. The van der Waals surface area contributed by atoms with E-state index in [-0.39, 0.29) is 12.1 Å². The van der Waals surface area contributed by atoms with Gasteiger partial charge in [0, 0.05) is 11.7 Å². The van der Waals surface area contributed by atoms with Gasteiger partial charge in [0.05, 0.1) is 6.10 Å². The van der Waals surface area contributed by atoms with Crippen LogP contribution in [0.1, 0.15) is 52.4 Å². The largest absolute Gasteiger partial charge is 0.491 e. The summed E-state index contributed by atoms with van der Waals surface area (Å²) >= 11 is 0. The molecule has 116 valence electrons. The Kier molecular flexibility index (Phi) is 5.90. The van der Waals surface area contributed by atoms with Gasteiger partial charge in [-0.05, 0) is 50.5 Å². The Hall–Kier alpha value is -1.71. The number of carbonyl (C=O) groups excluding carboxylic acids is 1. The van der Waals surface area contributed by atoms with Crippen LogP contribution < -0.4 is 15.4 Å². The Balaban J connectivity index is 1.80. The summed E-state index contributed by atoms with van der Waals surface area (Å²) in [7, 11) is 0. The smallest absolute Gasteiger partial charge is 0.319 e. The standard InChI is InChI=1S/C17H26N2O2/c1-3-13(2)21-16-11-9-15(10-12-16)19-17(20)18-14-7-5-4-6-8-14/h9-14H,3-8H2,1-2H3,(H2,18,19,20)/t13-/m1/s1. The van der Waals surface area contributed by atoms with Crippen LogP contribution in [-0.4, -0.2) is 18.2 Å². The van der Waals surface area contributed by atoms with Crippen molar-refractivity contribution < 1.29 is 9.53 Å². The molecule has 0 bridgehead atoms. The van der Waals surface area contributed by atoms with Crippen LogP contribution in [0.4, 0.5) is 10.5 Å². The lowest BCUT2D eigenvalue weighted by molar-refractivity contribution is 0.217. The molecular weight excluding hydrogens is 264 g/mol. The highest BCUT2D eigenvalue weighted by atomic mass is 16.5. The Bertz CT molecular complexity index is 439. The lowest BCUT2D eigenvalue weighted by atomic mass is 9.96. The summed E-state index contributed by atoms with van der Waals surface area (Å²) in [5.41, 5.74) is 0.791. The van der Waals surface area contributed by atoms with Gasteiger partial charge in [-0.25, -0.2) is 4.79 Å². The molecule has 1 aromatic rings. The molecule has 2 N–H and O–H groups in total. The number of benzene rings is 1. The Morgan fingerprint density at radius 1 is 1.24 bits per heavy atom. The van der Waals surface area contributed by atoms with Gasteiger partial charge in [-0.3, -0.25) is 0 Å². The maximum atomic E-state index is 11.9.